The number of nitrogens with one attached hydrogen (secondary N) is 1. The van der Waals surface area contributed by atoms with Gasteiger partial charge in [-0.15, -0.1) is 11.3 Å². The number of nitrogens with zero attached hydrogens (tertiary/aromatic N) is 1. The van der Waals surface area contributed by atoms with Crippen LogP contribution >= 0.6 is 11.3 Å². The molecule has 0 radical (unpaired) electrons. The van der Waals surface area contributed by atoms with Gasteiger partial charge < -0.3 is 10.4 Å². The van der Waals surface area contributed by atoms with Gasteiger partial charge in [-0.1, -0.05) is 30.3 Å². The molecule has 1 aromatic heterocycles. The topological polar surface area (TPSA) is 62.2 Å². The summed E-state index contributed by atoms with van der Waals surface area (Å²) >= 11 is 1.51. The second-order valence-electron chi connectivity index (χ2n) is 6.39. The summed E-state index contributed by atoms with van der Waals surface area (Å²) in [7, 11) is 0. The van der Waals surface area contributed by atoms with Gasteiger partial charge in [-0.05, 0) is 30.7 Å². The van der Waals surface area contributed by atoms with Gasteiger partial charge >= 0.3 is 0 Å². The van der Waals surface area contributed by atoms with E-state index in [1.807, 2.05) is 17.5 Å². The number of hydrogen-bond acceptors (Lipinski definition) is 4. The highest BCUT2D eigenvalue weighted by Gasteiger charge is 2.27. The molecule has 1 heterocycles. The van der Waals surface area contributed by atoms with Crippen molar-refractivity contribution in [2.45, 2.75) is 18.9 Å². The zero-order valence-corrected chi connectivity index (χ0v) is 15.1. The number of amides is 1. The number of aromatic nitrogens is 1. The lowest BCUT2D eigenvalue weighted by Crippen LogP contribution is -2.50. The number of hydrogen-bond donors (Lipinski definition) is 2. The molecule has 0 aliphatic rings. The minimum Gasteiger partial charge on any atom is -0.394 e. The summed E-state index contributed by atoms with van der Waals surface area (Å²) in [6, 6.07) is 13.4. The first-order valence-electron chi connectivity index (χ1n) is 8.16. The third-order valence-electron chi connectivity index (χ3n) is 4.18. The van der Waals surface area contributed by atoms with Gasteiger partial charge in [0.15, 0.2) is 0 Å². The SMILES string of the molecule is CC(CO)(Cc1ccccc1F)NC(=O)c1ccc(-c2cscn2)cc1. The molecule has 1 atom stereocenters. The fourth-order valence-electron chi connectivity index (χ4n) is 2.70. The highest BCUT2D eigenvalue weighted by Crippen LogP contribution is 2.20. The lowest BCUT2D eigenvalue weighted by atomic mass is 9.92. The Morgan fingerprint density at radius 1 is 1.23 bits per heavy atom. The molecule has 0 spiro atoms. The minimum absolute atomic E-state index is 0.193. The summed E-state index contributed by atoms with van der Waals surface area (Å²) < 4.78 is 13.9. The second-order valence-corrected chi connectivity index (χ2v) is 7.11. The van der Waals surface area contributed by atoms with Gasteiger partial charge in [-0.2, -0.15) is 0 Å². The summed E-state index contributed by atoms with van der Waals surface area (Å²) in [6.07, 6.45) is 0.193. The van der Waals surface area contributed by atoms with Gasteiger partial charge in [0, 0.05) is 22.9 Å². The average Bonchev–Trinajstić information content (AvgIpc) is 3.18. The fraction of sp³-hybridized carbons (Fsp3) is 0.200. The first-order chi connectivity index (χ1) is 12.5. The Labute approximate surface area is 155 Å². The zero-order valence-electron chi connectivity index (χ0n) is 14.3. The third-order valence-corrected chi connectivity index (χ3v) is 4.76. The summed E-state index contributed by atoms with van der Waals surface area (Å²) in [6.45, 7) is 1.39. The van der Waals surface area contributed by atoms with Crippen molar-refractivity contribution in [1.82, 2.24) is 10.3 Å². The normalized spacial score (nSPS) is 13.2. The van der Waals surface area contributed by atoms with E-state index in [1.165, 1.54) is 17.4 Å². The number of carbonyl (C=O) groups is 1. The predicted octanol–water partition coefficient (Wildman–Crippen LogP) is 3.67. The molecule has 0 saturated heterocycles. The molecule has 3 aromatic rings. The van der Waals surface area contributed by atoms with Gasteiger partial charge in [-0.3, -0.25) is 4.79 Å². The van der Waals surface area contributed by atoms with Crippen LogP contribution in [0.2, 0.25) is 0 Å². The molecule has 26 heavy (non-hydrogen) atoms. The highest BCUT2D eigenvalue weighted by atomic mass is 32.1. The molecule has 2 N–H and O–H groups in total. The fourth-order valence-corrected chi connectivity index (χ4v) is 3.26. The van der Waals surface area contributed by atoms with Crippen LogP contribution in [-0.2, 0) is 6.42 Å². The Bertz CT molecular complexity index is 881. The molecule has 3 rings (SSSR count). The molecule has 0 bridgehead atoms. The molecular weight excluding hydrogens is 351 g/mol. The average molecular weight is 370 g/mol. The van der Waals surface area contributed by atoms with Crippen LogP contribution in [0.3, 0.4) is 0 Å². The van der Waals surface area contributed by atoms with Crippen molar-refractivity contribution in [2.24, 2.45) is 0 Å². The standard InChI is InChI=1S/C20H19FN2O2S/c1-20(12-24,10-16-4-2-3-5-17(16)21)23-19(25)15-8-6-14(7-9-15)18-11-26-13-22-18/h2-9,11,13,24H,10,12H2,1H3,(H,23,25). The Hall–Kier alpha value is -2.57. The monoisotopic (exact) mass is 370 g/mol. The maximum atomic E-state index is 13.9. The molecule has 2 aromatic carbocycles. The largest absolute Gasteiger partial charge is 0.394 e. The Morgan fingerprint density at radius 2 is 1.96 bits per heavy atom. The molecule has 0 fully saturated rings. The van der Waals surface area contributed by atoms with Crippen molar-refractivity contribution < 1.29 is 14.3 Å². The zero-order chi connectivity index (χ0) is 18.6. The van der Waals surface area contributed by atoms with E-state index < -0.39 is 5.54 Å². The smallest absolute Gasteiger partial charge is 0.251 e. The molecule has 0 aliphatic heterocycles. The number of halogens is 1. The first kappa shape index (κ1) is 18.2. The molecule has 0 saturated carbocycles. The van der Waals surface area contributed by atoms with Crippen LogP contribution < -0.4 is 5.32 Å². The second kappa shape index (κ2) is 7.76. The van der Waals surface area contributed by atoms with Crippen molar-refractivity contribution in [3.8, 4) is 11.3 Å². The molecule has 1 unspecified atom stereocenters. The number of benzene rings is 2. The third kappa shape index (κ3) is 4.15. The highest BCUT2D eigenvalue weighted by molar-refractivity contribution is 7.07. The van der Waals surface area contributed by atoms with E-state index in [9.17, 15) is 14.3 Å². The molecule has 0 aliphatic carbocycles. The molecule has 6 heteroatoms. The summed E-state index contributed by atoms with van der Waals surface area (Å²) in [5.41, 5.74) is 3.50. The Balaban J connectivity index is 1.73. The maximum absolute atomic E-state index is 13.9. The number of carbonyl (C=O) groups excluding carboxylic acids is 1. The van der Waals surface area contributed by atoms with Gasteiger partial charge in [0.25, 0.3) is 5.91 Å². The van der Waals surface area contributed by atoms with Crippen LogP contribution in [0.1, 0.15) is 22.8 Å². The van der Waals surface area contributed by atoms with Crippen molar-refractivity contribution in [3.05, 3.63) is 76.4 Å². The summed E-state index contributed by atoms with van der Waals surface area (Å²) in [4.78, 5) is 16.8. The first-order valence-corrected chi connectivity index (χ1v) is 9.10. The van der Waals surface area contributed by atoms with E-state index in [4.69, 9.17) is 0 Å². The summed E-state index contributed by atoms with van der Waals surface area (Å²) in [5.74, 6) is -0.670. The van der Waals surface area contributed by atoms with E-state index in [0.717, 1.165) is 11.3 Å². The van der Waals surface area contributed by atoms with Crippen LogP contribution in [0.25, 0.3) is 11.3 Å². The quantitative estimate of drug-likeness (QED) is 0.696. The van der Waals surface area contributed by atoms with Crippen molar-refractivity contribution in [3.63, 3.8) is 0 Å². The maximum Gasteiger partial charge on any atom is 0.251 e. The van der Waals surface area contributed by atoms with Crippen LogP contribution in [0, 0.1) is 5.82 Å². The molecule has 1 amide bonds. The van der Waals surface area contributed by atoms with E-state index >= 15 is 0 Å². The minimum atomic E-state index is -0.965. The van der Waals surface area contributed by atoms with Crippen LogP contribution in [0.4, 0.5) is 4.39 Å². The Kier molecular flexibility index (Phi) is 5.44. The van der Waals surface area contributed by atoms with E-state index in [1.54, 1.807) is 42.8 Å². The molecule has 4 nitrogen and oxygen atoms in total. The van der Waals surface area contributed by atoms with Crippen molar-refractivity contribution in [1.29, 1.82) is 0 Å². The van der Waals surface area contributed by atoms with Gasteiger partial charge in [0.2, 0.25) is 0 Å². The number of rotatable bonds is 6. The van der Waals surface area contributed by atoms with Gasteiger partial charge in [0.1, 0.15) is 5.82 Å². The summed E-state index contributed by atoms with van der Waals surface area (Å²) in [5, 5.41) is 14.5. The van der Waals surface area contributed by atoms with Gasteiger partial charge in [0.05, 0.1) is 23.4 Å². The van der Waals surface area contributed by atoms with Crippen molar-refractivity contribution >= 4 is 17.2 Å². The predicted molar refractivity (Wildman–Crippen MR) is 101 cm³/mol. The molecular formula is C20H19FN2O2S. The van der Waals surface area contributed by atoms with Crippen LogP contribution in [-0.4, -0.2) is 28.1 Å². The van der Waals surface area contributed by atoms with Crippen molar-refractivity contribution in [2.75, 3.05) is 6.61 Å². The van der Waals surface area contributed by atoms with Crippen LogP contribution in [0.5, 0.6) is 0 Å². The van der Waals surface area contributed by atoms with E-state index in [-0.39, 0.29) is 24.8 Å². The van der Waals surface area contributed by atoms with E-state index in [0.29, 0.717) is 11.1 Å². The Morgan fingerprint density at radius 3 is 2.58 bits per heavy atom. The molecule has 134 valence electrons. The number of aliphatic hydroxyl groups excluding tert-OH is 1. The lowest BCUT2D eigenvalue weighted by molar-refractivity contribution is 0.0851. The van der Waals surface area contributed by atoms with Crippen LogP contribution in [0.15, 0.2) is 59.4 Å². The number of aliphatic hydroxyl groups is 1. The lowest BCUT2D eigenvalue weighted by Gasteiger charge is -2.29. The van der Waals surface area contributed by atoms with E-state index in [2.05, 4.69) is 10.3 Å². The number of thiazole rings is 1. The van der Waals surface area contributed by atoms with Gasteiger partial charge in [-0.25, -0.2) is 9.37 Å².